The molecule has 2 aromatic carbocycles. The van der Waals surface area contributed by atoms with Gasteiger partial charge in [-0.05, 0) is 77.2 Å². The number of oxime groups is 1. The van der Waals surface area contributed by atoms with Crippen molar-refractivity contribution in [3.05, 3.63) is 62.7 Å². The van der Waals surface area contributed by atoms with Crippen molar-refractivity contribution < 1.29 is 14.4 Å². The molecular formula is C24H24ClIN2O3. The molecule has 1 N–H and O–H groups in total. The number of halogens is 2. The lowest BCUT2D eigenvalue weighted by atomic mass is 9.64. The minimum absolute atomic E-state index is 0.00920. The number of carbonyl (C=O) groups is 2. The summed E-state index contributed by atoms with van der Waals surface area (Å²) in [5, 5.41) is 7.68. The summed E-state index contributed by atoms with van der Waals surface area (Å²) in [6.45, 7) is 6.35. The molecule has 0 radical (unpaired) electrons. The van der Waals surface area contributed by atoms with Crippen molar-refractivity contribution in [2.75, 3.05) is 5.32 Å². The number of anilines is 1. The third kappa shape index (κ3) is 3.48. The van der Waals surface area contributed by atoms with Crippen LogP contribution in [0.5, 0.6) is 0 Å². The van der Waals surface area contributed by atoms with E-state index in [9.17, 15) is 9.59 Å². The summed E-state index contributed by atoms with van der Waals surface area (Å²) in [6, 6.07) is 14.5. The molecule has 0 spiro atoms. The molecule has 5 nitrogen and oxygen atoms in total. The van der Waals surface area contributed by atoms with Crippen LogP contribution in [-0.4, -0.2) is 17.6 Å². The van der Waals surface area contributed by atoms with Gasteiger partial charge in [0.05, 0.1) is 21.7 Å². The lowest BCUT2D eigenvalue weighted by molar-refractivity contribution is -0.130. The summed E-state index contributed by atoms with van der Waals surface area (Å²) in [6.07, 6.45) is 2.04. The van der Waals surface area contributed by atoms with Crippen LogP contribution in [0.25, 0.3) is 0 Å². The van der Waals surface area contributed by atoms with Crippen LogP contribution < -0.4 is 5.32 Å². The molecular weight excluding hydrogens is 527 g/mol. The first-order valence-electron chi connectivity index (χ1n) is 10.2. The van der Waals surface area contributed by atoms with Gasteiger partial charge in [0.2, 0.25) is 5.91 Å². The van der Waals surface area contributed by atoms with Gasteiger partial charge >= 0.3 is 5.97 Å². The zero-order chi connectivity index (χ0) is 22.4. The van der Waals surface area contributed by atoms with E-state index in [1.54, 1.807) is 24.3 Å². The second kappa shape index (κ2) is 7.89. The molecule has 0 aromatic heterocycles. The van der Waals surface area contributed by atoms with Crippen LogP contribution in [0.3, 0.4) is 0 Å². The molecule has 2 atom stereocenters. The third-order valence-corrected chi connectivity index (χ3v) is 8.65. The quantitative estimate of drug-likeness (QED) is 0.275. The fourth-order valence-electron chi connectivity index (χ4n) is 5.08. The Morgan fingerprint density at radius 1 is 1.06 bits per heavy atom. The van der Waals surface area contributed by atoms with Gasteiger partial charge in [-0.2, -0.15) is 0 Å². The maximum Gasteiger partial charge on any atom is 0.367 e. The summed E-state index contributed by atoms with van der Waals surface area (Å²) in [5.41, 5.74) is 0.509. The number of carbonyl (C=O) groups excluding carboxylic acids is 2. The molecule has 0 saturated heterocycles. The number of benzene rings is 2. The van der Waals surface area contributed by atoms with Crippen LogP contribution in [0, 0.1) is 19.8 Å². The number of nitrogens with zero attached hydrogens (tertiary/aromatic N) is 1. The first-order valence-corrected chi connectivity index (χ1v) is 11.7. The van der Waals surface area contributed by atoms with Crippen LogP contribution in [0.1, 0.15) is 50.4 Å². The minimum atomic E-state index is -0.611. The molecule has 2 aliphatic carbocycles. The first kappa shape index (κ1) is 22.3. The van der Waals surface area contributed by atoms with E-state index in [0.717, 1.165) is 27.8 Å². The molecule has 2 fully saturated rings. The molecule has 4 rings (SSSR count). The van der Waals surface area contributed by atoms with Crippen LogP contribution >= 0.6 is 34.2 Å². The highest BCUT2D eigenvalue weighted by molar-refractivity contribution is 14.1. The van der Waals surface area contributed by atoms with E-state index in [1.807, 2.05) is 24.3 Å². The highest BCUT2D eigenvalue weighted by Crippen LogP contribution is 2.71. The number of rotatable bonds is 4. The van der Waals surface area contributed by atoms with Crippen molar-refractivity contribution in [2.24, 2.45) is 21.4 Å². The van der Waals surface area contributed by atoms with Crippen molar-refractivity contribution in [2.45, 2.75) is 40.0 Å². The van der Waals surface area contributed by atoms with Gasteiger partial charge in [0.15, 0.2) is 0 Å². The van der Waals surface area contributed by atoms with Gasteiger partial charge in [-0.15, -0.1) is 0 Å². The first-order chi connectivity index (χ1) is 14.6. The van der Waals surface area contributed by atoms with Crippen molar-refractivity contribution in [3.8, 4) is 0 Å². The Morgan fingerprint density at radius 2 is 1.74 bits per heavy atom. The second-order valence-corrected chi connectivity index (χ2v) is 10.7. The maximum atomic E-state index is 13.5. The average Bonchev–Trinajstić information content (AvgIpc) is 3.04. The van der Waals surface area contributed by atoms with E-state index in [1.165, 1.54) is 0 Å². The molecule has 31 heavy (non-hydrogen) atoms. The van der Waals surface area contributed by atoms with Gasteiger partial charge in [0.25, 0.3) is 0 Å². The number of nitrogens with one attached hydrogen (secondary N) is 1. The van der Waals surface area contributed by atoms with Crippen LogP contribution in [0.4, 0.5) is 5.69 Å². The van der Waals surface area contributed by atoms with E-state index in [2.05, 4.69) is 53.8 Å². The summed E-state index contributed by atoms with van der Waals surface area (Å²) in [5.74, 6) is -0.607. The zero-order valence-electron chi connectivity index (χ0n) is 17.7. The molecule has 2 unspecified atom stereocenters. The van der Waals surface area contributed by atoms with Gasteiger partial charge in [-0.1, -0.05) is 49.7 Å². The largest absolute Gasteiger partial charge is 0.367 e. The van der Waals surface area contributed by atoms with E-state index >= 15 is 0 Å². The lowest BCUT2D eigenvalue weighted by Gasteiger charge is -2.39. The summed E-state index contributed by atoms with van der Waals surface area (Å²) in [4.78, 5) is 31.3. The fourth-order valence-corrected chi connectivity index (χ4v) is 5.65. The lowest BCUT2D eigenvalue weighted by Crippen LogP contribution is -2.43. The highest BCUT2D eigenvalue weighted by Gasteiger charge is 2.71. The Labute approximate surface area is 200 Å². The predicted octanol–water partition coefficient (Wildman–Crippen LogP) is 6.31. The highest BCUT2D eigenvalue weighted by atomic mass is 127. The van der Waals surface area contributed by atoms with Gasteiger partial charge in [0, 0.05) is 21.1 Å². The molecule has 7 heteroatoms. The third-order valence-electron chi connectivity index (χ3n) is 7.60. The van der Waals surface area contributed by atoms with Crippen LogP contribution in [0.2, 0.25) is 5.02 Å². The number of fused-ring (bicyclic) bond motifs is 2. The predicted molar refractivity (Wildman–Crippen MR) is 130 cm³/mol. The topological polar surface area (TPSA) is 67.8 Å². The van der Waals surface area contributed by atoms with E-state index < -0.39 is 11.4 Å². The Hall–Kier alpha value is -1.93. The van der Waals surface area contributed by atoms with E-state index in [-0.39, 0.29) is 22.3 Å². The normalized spacial score (nSPS) is 27.3. The van der Waals surface area contributed by atoms with Gasteiger partial charge < -0.3 is 10.2 Å². The van der Waals surface area contributed by atoms with Crippen molar-refractivity contribution in [1.29, 1.82) is 0 Å². The van der Waals surface area contributed by atoms with Gasteiger partial charge in [0.1, 0.15) is 0 Å². The Balaban J connectivity index is 1.59. The fraction of sp³-hybridized carbons (Fsp3) is 0.375. The summed E-state index contributed by atoms with van der Waals surface area (Å²) < 4.78 is 1.11. The smallest absolute Gasteiger partial charge is 0.326 e. The molecule has 162 valence electrons. The maximum absolute atomic E-state index is 13.5. The van der Waals surface area contributed by atoms with Crippen molar-refractivity contribution in [1.82, 2.24) is 0 Å². The van der Waals surface area contributed by atoms with Crippen LogP contribution in [-0.2, 0) is 9.63 Å². The molecule has 2 aliphatic rings. The Morgan fingerprint density at radius 3 is 2.42 bits per heavy atom. The average molecular weight is 551 g/mol. The minimum Gasteiger partial charge on any atom is -0.326 e. The number of hydrogen-bond donors (Lipinski definition) is 1. The number of amides is 1. The molecule has 0 aliphatic heterocycles. The molecule has 2 aromatic rings. The standard InChI is InChI=1S/C24H24ClIN2O3/c1-22(2)23(3)12-13-24(22,21(30)27-16-10-8-15(26)9-11-16)14-19(23)28-31-20(29)17-6-4-5-7-18(17)25/h4-11H,12-14H2,1-3H3,(H,27,30)/b28-19+. The van der Waals surface area contributed by atoms with E-state index in [0.29, 0.717) is 11.4 Å². The molecule has 2 saturated carbocycles. The monoisotopic (exact) mass is 550 g/mol. The Bertz CT molecular complexity index is 1080. The summed E-state index contributed by atoms with van der Waals surface area (Å²) in [7, 11) is 0. The van der Waals surface area contributed by atoms with Crippen molar-refractivity contribution >= 4 is 57.5 Å². The van der Waals surface area contributed by atoms with Gasteiger partial charge in [-0.3, -0.25) is 4.79 Å². The second-order valence-electron chi connectivity index (χ2n) is 9.07. The van der Waals surface area contributed by atoms with E-state index in [4.69, 9.17) is 16.4 Å². The SMILES string of the molecule is CC12CCC(C(=O)Nc3ccc(I)cc3)(C/C1=N\OC(=O)c1ccccc1Cl)C2(C)C. The number of hydrogen-bond acceptors (Lipinski definition) is 4. The van der Waals surface area contributed by atoms with Crippen LogP contribution in [0.15, 0.2) is 53.7 Å². The molecule has 2 bridgehead atoms. The molecule has 0 heterocycles. The summed E-state index contributed by atoms with van der Waals surface area (Å²) >= 11 is 8.34. The molecule has 1 amide bonds. The zero-order valence-corrected chi connectivity index (χ0v) is 20.6. The van der Waals surface area contributed by atoms with Gasteiger partial charge in [-0.25, -0.2) is 4.79 Å². The van der Waals surface area contributed by atoms with Crippen molar-refractivity contribution in [3.63, 3.8) is 0 Å². The Kier molecular flexibility index (Phi) is 5.67.